The van der Waals surface area contributed by atoms with Gasteiger partial charge in [-0.1, -0.05) is 29.8 Å². The molecule has 168 valence electrons. The molecule has 2 atom stereocenters. The number of alkyl halides is 3. The average Bonchev–Trinajstić information content (AvgIpc) is 3.09. The Morgan fingerprint density at radius 2 is 2.00 bits per heavy atom. The second kappa shape index (κ2) is 8.27. The SMILES string of the molecule is COc1ccc([C@H]2C[C@@H](C(F)(F)F)n3nc(C(=O)Nc4cccc(O)c4)c(Cl)c3N2)cc1. The number of fused-ring (bicyclic) bond motifs is 1. The van der Waals surface area contributed by atoms with E-state index in [9.17, 15) is 23.1 Å². The number of nitrogens with zero attached hydrogens (tertiary/aromatic N) is 2. The number of hydrogen-bond acceptors (Lipinski definition) is 5. The molecule has 7 nitrogen and oxygen atoms in total. The van der Waals surface area contributed by atoms with Crippen LogP contribution in [0.5, 0.6) is 11.5 Å². The summed E-state index contributed by atoms with van der Waals surface area (Å²) in [6.07, 6.45) is -4.95. The van der Waals surface area contributed by atoms with Gasteiger partial charge in [0, 0.05) is 18.2 Å². The Bertz CT molecular complexity index is 1150. The number of halogens is 4. The number of phenols is 1. The predicted molar refractivity (Wildman–Crippen MR) is 112 cm³/mol. The largest absolute Gasteiger partial charge is 0.508 e. The summed E-state index contributed by atoms with van der Waals surface area (Å²) in [6, 6.07) is 9.67. The summed E-state index contributed by atoms with van der Waals surface area (Å²) in [5, 5.41) is 18.6. The Balaban J connectivity index is 1.68. The number of nitrogens with one attached hydrogen (secondary N) is 2. The molecule has 0 saturated heterocycles. The lowest BCUT2D eigenvalue weighted by Gasteiger charge is -2.33. The number of aromatic hydroxyl groups is 1. The molecular formula is C21H18ClF3N4O3. The summed E-state index contributed by atoms with van der Waals surface area (Å²) in [7, 11) is 1.50. The van der Waals surface area contributed by atoms with E-state index < -0.39 is 24.2 Å². The Kier molecular flexibility index (Phi) is 5.64. The molecule has 0 bridgehead atoms. The van der Waals surface area contributed by atoms with E-state index in [0.717, 1.165) is 0 Å². The predicted octanol–water partition coefficient (Wildman–Crippen LogP) is 5.16. The molecule has 3 aromatic rings. The zero-order chi connectivity index (χ0) is 23.0. The van der Waals surface area contributed by atoms with E-state index in [1.807, 2.05) is 0 Å². The van der Waals surface area contributed by atoms with Crippen molar-refractivity contribution in [3.63, 3.8) is 0 Å². The smallest absolute Gasteiger partial charge is 0.410 e. The van der Waals surface area contributed by atoms with Gasteiger partial charge in [0.1, 0.15) is 22.3 Å². The Morgan fingerprint density at radius 1 is 1.28 bits per heavy atom. The van der Waals surface area contributed by atoms with E-state index in [4.69, 9.17) is 16.3 Å². The standard InChI is InChI=1S/C21H18ClF3N4O3/c1-32-14-7-5-11(6-8-14)15-10-16(21(23,24)25)29-19(27-15)17(22)18(28-29)20(31)26-12-3-2-4-13(30)9-12/h2-9,15-16,27,30H,10H2,1H3,(H,26,31)/t15-,16+/m1/s1. The first-order valence-electron chi connectivity index (χ1n) is 9.53. The molecule has 1 aromatic heterocycles. The highest BCUT2D eigenvalue weighted by molar-refractivity contribution is 6.36. The topological polar surface area (TPSA) is 88.4 Å². The van der Waals surface area contributed by atoms with Crippen molar-refractivity contribution in [2.24, 2.45) is 0 Å². The van der Waals surface area contributed by atoms with Gasteiger partial charge in [0.15, 0.2) is 11.7 Å². The van der Waals surface area contributed by atoms with Crippen LogP contribution in [0.3, 0.4) is 0 Å². The van der Waals surface area contributed by atoms with Crippen molar-refractivity contribution in [2.45, 2.75) is 24.7 Å². The second-order valence-corrected chi connectivity index (χ2v) is 7.60. The molecule has 0 spiro atoms. The average molecular weight is 467 g/mol. The number of amides is 1. The van der Waals surface area contributed by atoms with Crippen LogP contribution in [0.4, 0.5) is 24.7 Å². The quantitative estimate of drug-likeness (QED) is 0.494. The van der Waals surface area contributed by atoms with Gasteiger partial charge in [-0.2, -0.15) is 18.3 Å². The van der Waals surface area contributed by atoms with Crippen molar-refractivity contribution in [1.82, 2.24) is 9.78 Å². The molecule has 0 radical (unpaired) electrons. The maximum Gasteiger partial charge on any atom is 0.410 e. The third kappa shape index (κ3) is 4.18. The summed E-state index contributed by atoms with van der Waals surface area (Å²) in [4.78, 5) is 12.7. The number of rotatable bonds is 4. The summed E-state index contributed by atoms with van der Waals surface area (Å²) in [5.74, 6) is -0.404. The first kappa shape index (κ1) is 21.8. The van der Waals surface area contributed by atoms with Crippen LogP contribution in [0.1, 0.15) is 34.6 Å². The molecule has 1 aliphatic heterocycles. The molecule has 3 N–H and O–H groups in total. The molecular weight excluding hydrogens is 449 g/mol. The van der Waals surface area contributed by atoms with Crippen LogP contribution in [-0.2, 0) is 0 Å². The fourth-order valence-electron chi connectivity index (χ4n) is 3.56. The number of anilines is 2. The second-order valence-electron chi connectivity index (χ2n) is 7.22. The number of methoxy groups -OCH3 is 1. The molecule has 1 aliphatic rings. The third-order valence-electron chi connectivity index (χ3n) is 5.13. The van der Waals surface area contributed by atoms with Crippen LogP contribution in [0.2, 0.25) is 5.02 Å². The first-order chi connectivity index (χ1) is 15.2. The molecule has 4 rings (SSSR count). The van der Waals surface area contributed by atoms with Crippen molar-refractivity contribution in [3.05, 3.63) is 64.8 Å². The molecule has 11 heteroatoms. The van der Waals surface area contributed by atoms with E-state index in [0.29, 0.717) is 16.0 Å². The van der Waals surface area contributed by atoms with Crippen molar-refractivity contribution in [2.75, 3.05) is 17.7 Å². The van der Waals surface area contributed by atoms with Gasteiger partial charge in [0.25, 0.3) is 5.91 Å². The molecule has 0 aliphatic carbocycles. The summed E-state index contributed by atoms with van der Waals surface area (Å²) in [5.41, 5.74) is 0.491. The normalized spacial score (nSPS) is 17.9. The van der Waals surface area contributed by atoms with Gasteiger partial charge in [-0.15, -0.1) is 0 Å². The Hall–Kier alpha value is -3.40. The molecule has 0 saturated carbocycles. The maximum atomic E-state index is 13.9. The highest BCUT2D eigenvalue weighted by atomic mass is 35.5. The monoisotopic (exact) mass is 466 g/mol. The van der Waals surface area contributed by atoms with E-state index in [2.05, 4.69) is 15.7 Å². The first-order valence-corrected chi connectivity index (χ1v) is 9.90. The molecule has 32 heavy (non-hydrogen) atoms. The number of carbonyl (C=O) groups excluding carboxylic acids is 1. The zero-order valence-electron chi connectivity index (χ0n) is 16.7. The Morgan fingerprint density at radius 3 is 2.62 bits per heavy atom. The van der Waals surface area contributed by atoms with Crippen molar-refractivity contribution < 1.29 is 27.8 Å². The number of benzene rings is 2. The highest BCUT2D eigenvalue weighted by Gasteiger charge is 2.47. The van der Waals surface area contributed by atoms with Crippen LogP contribution < -0.4 is 15.4 Å². The van der Waals surface area contributed by atoms with Crippen LogP contribution in [-0.4, -0.2) is 34.1 Å². The van der Waals surface area contributed by atoms with E-state index in [1.165, 1.54) is 31.4 Å². The van der Waals surface area contributed by atoms with Gasteiger partial charge in [-0.25, -0.2) is 4.68 Å². The van der Waals surface area contributed by atoms with E-state index >= 15 is 0 Å². The summed E-state index contributed by atoms with van der Waals surface area (Å²) < 4.78 is 47.4. The van der Waals surface area contributed by atoms with Crippen LogP contribution in [0.15, 0.2) is 48.5 Å². The number of hydrogen-bond donors (Lipinski definition) is 3. The van der Waals surface area contributed by atoms with Crippen molar-refractivity contribution >= 4 is 29.0 Å². The minimum Gasteiger partial charge on any atom is -0.508 e. The lowest BCUT2D eigenvalue weighted by molar-refractivity contribution is -0.173. The molecule has 2 heterocycles. The van der Waals surface area contributed by atoms with Gasteiger partial charge >= 0.3 is 6.18 Å². The van der Waals surface area contributed by atoms with Crippen molar-refractivity contribution in [3.8, 4) is 11.5 Å². The third-order valence-corrected chi connectivity index (χ3v) is 5.49. The number of ether oxygens (including phenoxy) is 1. The summed E-state index contributed by atoms with van der Waals surface area (Å²) >= 11 is 6.31. The van der Waals surface area contributed by atoms with Gasteiger partial charge in [-0.05, 0) is 29.8 Å². The highest BCUT2D eigenvalue weighted by Crippen LogP contribution is 2.46. The number of phenolic OH excluding ortho intramolecular Hbond substituents is 1. The lowest BCUT2D eigenvalue weighted by atomic mass is 9.97. The van der Waals surface area contributed by atoms with Gasteiger partial charge in [0.05, 0.1) is 13.2 Å². The molecule has 0 fully saturated rings. The fraction of sp³-hybridized carbons (Fsp3) is 0.238. The van der Waals surface area contributed by atoms with E-state index in [-0.39, 0.29) is 34.4 Å². The number of aromatic nitrogens is 2. The molecule has 1 amide bonds. The minimum atomic E-state index is -4.62. The van der Waals surface area contributed by atoms with Gasteiger partial charge < -0.3 is 20.5 Å². The van der Waals surface area contributed by atoms with Crippen LogP contribution in [0.25, 0.3) is 0 Å². The molecule has 0 unspecified atom stereocenters. The minimum absolute atomic E-state index is 0.0841. The fourth-order valence-corrected chi connectivity index (χ4v) is 3.83. The maximum absolute atomic E-state index is 13.9. The lowest BCUT2D eigenvalue weighted by Crippen LogP contribution is -2.35. The van der Waals surface area contributed by atoms with Gasteiger partial charge in [-0.3, -0.25) is 4.79 Å². The zero-order valence-corrected chi connectivity index (χ0v) is 17.4. The van der Waals surface area contributed by atoms with Crippen LogP contribution >= 0.6 is 11.6 Å². The van der Waals surface area contributed by atoms with E-state index in [1.54, 1.807) is 24.3 Å². The van der Waals surface area contributed by atoms with Gasteiger partial charge in [0.2, 0.25) is 0 Å². The molecule has 2 aromatic carbocycles. The Labute approximate surface area is 185 Å². The van der Waals surface area contributed by atoms with Crippen LogP contribution in [0, 0.1) is 0 Å². The summed E-state index contributed by atoms with van der Waals surface area (Å²) in [6.45, 7) is 0. The number of carbonyl (C=O) groups is 1. The van der Waals surface area contributed by atoms with Crippen molar-refractivity contribution in [1.29, 1.82) is 0 Å².